The smallest absolute Gasteiger partial charge is 0.0723 e. The maximum absolute atomic E-state index is 10.6. The molecule has 3 nitrogen and oxygen atoms in total. The Morgan fingerprint density at radius 3 is 2.47 bits per heavy atom. The number of unbranched alkanes of at least 4 members (excludes halogenated alkanes) is 3. The van der Waals surface area contributed by atoms with Crippen LogP contribution in [-0.4, -0.2) is 47.0 Å². The predicted octanol–water partition coefficient (Wildman–Crippen LogP) is 6.75. The summed E-state index contributed by atoms with van der Waals surface area (Å²) in [5.74, 6) is 1.86. The highest BCUT2D eigenvalue weighted by atomic mass is 16.3. The zero-order valence-electron chi connectivity index (χ0n) is 21.6. The second kappa shape index (κ2) is 15.3. The van der Waals surface area contributed by atoms with E-state index in [4.69, 9.17) is 0 Å². The topological polar surface area (TPSA) is 43.7 Å². The van der Waals surface area contributed by atoms with Gasteiger partial charge in [0.1, 0.15) is 0 Å². The molecule has 0 saturated heterocycles. The average Bonchev–Trinajstić information content (AvgIpc) is 3.27. The molecule has 2 N–H and O–H groups in total. The minimum absolute atomic E-state index is 0.214. The Hall–Kier alpha value is -0.640. The number of hydrogen-bond donors (Lipinski definition) is 2. The lowest BCUT2D eigenvalue weighted by atomic mass is 9.88. The molecule has 0 aliphatic heterocycles. The van der Waals surface area contributed by atoms with Crippen LogP contribution < -0.4 is 0 Å². The van der Waals surface area contributed by atoms with Crippen LogP contribution in [0.25, 0.3) is 0 Å². The summed E-state index contributed by atoms with van der Waals surface area (Å²) in [5.41, 5.74) is 1.62. The van der Waals surface area contributed by atoms with E-state index in [9.17, 15) is 10.2 Å². The van der Waals surface area contributed by atoms with E-state index < -0.39 is 0 Å². The summed E-state index contributed by atoms with van der Waals surface area (Å²) in [4.78, 5) is 2.62. The van der Waals surface area contributed by atoms with Gasteiger partial charge in [-0.3, -0.25) is 0 Å². The molecule has 2 aliphatic rings. The van der Waals surface area contributed by atoms with Crippen molar-refractivity contribution in [3.05, 3.63) is 23.8 Å². The third kappa shape index (κ3) is 9.31. The van der Waals surface area contributed by atoms with Gasteiger partial charge in [-0.25, -0.2) is 0 Å². The first-order chi connectivity index (χ1) is 15.5. The summed E-state index contributed by atoms with van der Waals surface area (Å²) >= 11 is 0. The fourth-order valence-electron chi connectivity index (χ4n) is 6.04. The van der Waals surface area contributed by atoms with Gasteiger partial charge in [-0.1, -0.05) is 77.2 Å². The first-order valence-electron chi connectivity index (χ1n) is 13.9. The van der Waals surface area contributed by atoms with Gasteiger partial charge in [-0.05, 0) is 88.8 Å². The number of hydrogen-bond acceptors (Lipinski definition) is 3. The largest absolute Gasteiger partial charge is 0.392 e. The van der Waals surface area contributed by atoms with Gasteiger partial charge in [-0.15, -0.1) is 0 Å². The molecule has 2 rings (SSSR count). The van der Waals surface area contributed by atoms with Crippen molar-refractivity contribution in [2.75, 3.05) is 19.6 Å². The van der Waals surface area contributed by atoms with E-state index in [1.165, 1.54) is 77.4 Å². The number of rotatable bonds is 17. The normalized spacial score (nSPS) is 27.3. The molecule has 32 heavy (non-hydrogen) atoms. The molecule has 0 unspecified atom stereocenters. The molecule has 1 saturated carbocycles. The third-order valence-electron chi connectivity index (χ3n) is 7.75. The Morgan fingerprint density at radius 2 is 1.78 bits per heavy atom. The molecule has 0 aromatic carbocycles. The van der Waals surface area contributed by atoms with E-state index in [2.05, 4.69) is 44.7 Å². The number of aliphatic hydroxyl groups excluding tert-OH is 2. The quantitative estimate of drug-likeness (QED) is 0.191. The summed E-state index contributed by atoms with van der Waals surface area (Å²) in [7, 11) is 0. The van der Waals surface area contributed by atoms with Gasteiger partial charge in [-0.2, -0.15) is 0 Å². The number of fused-ring (bicyclic) bond motifs is 1. The monoisotopic (exact) mass is 447 g/mol. The van der Waals surface area contributed by atoms with Gasteiger partial charge in [0.25, 0.3) is 0 Å². The van der Waals surface area contributed by atoms with Crippen molar-refractivity contribution in [3.63, 3.8) is 0 Å². The van der Waals surface area contributed by atoms with E-state index >= 15 is 0 Å². The first kappa shape index (κ1) is 27.6. The molecular formula is C29H53NO2. The number of aliphatic hydroxyl groups is 2. The lowest BCUT2D eigenvalue weighted by molar-refractivity contribution is 0.139. The SMILES string of the molecule is CCCC[C@H](C)C[C@H](O)/C=C/[C@@H]1[C@H]2CC(CCCCCN(CCC)CCC)=C[C@H]2C[C@H]1O. The van der Waals surface area contributed by atoms with Crippen LogP contribution in [-0.2, 0) is 0 Å². The van der Waals surface area contributed by atoms with E-state index in [0.717, 1.165) is 19.3 Å². The molecule has 0 amide bonds. The van der Waals surface area contributed by atoms with Crippen molar-refractivity contribution in [3.8, 4) is 0 Å². The van der Waals surface area contributed by atoms with Gasteiger partial charge >= 0.3 is 0 Å². The maximum Gasteiger partial charge on any atom is 0.0723 e. The predicted molar refractivity (Wildman–Crippen MR) is 138 cm³/mol. The molecule has 186 valence electrons. The van der Waals surface area contributed by atoms with E-state index in [1.807, 2.05) is 6.08 Å². The molecular weight excluding hydrogens is 394 g/mol. The van der Waals surface area contributed by atoms with Crippen LogP contribution in [0.4, 0.5) is 0 Å². The molecule has 6 atom stereocenters. The minimum atomic E-state index is -0.373. The van der Waals surface area contributed by atoms with Crippen LogP contribution in [0.5, 0.6) is 0 Å². The molecule has 0 aromatic rings. The van der Waals surface area contributed by atoms with E-state index in [0.29, 0.717) is 17.8 Å². The molecule has 0 radical (unpaired) electrons. The third-order valence-corrected chi connectivity index (χ3v) is 7.75. The highest BCUT2D eigenvalue weighted by molar-refractivity contribution is 5.21. The van der Waals surface area contributed by atoms with Crippen LogP contribution in [0.1, 0.15) is 105 Å². The van der Waals surface area contributed by atoms with Crippen molar-refractivity contribution < 1.29 is 10.2 Å². The van der Waals surface area contributed by atoms with E-state index in [-0.39, 0.29) is 18.1 Å². The number of allylic oxidation sites excluding steroid dienone is 2. The Balaban J connectivity index is 1.71. The molecule has 0 bridgehead atoms. The molecule has 2 aliphatic carbocycles. The van der Waals surface area contributed by atoms with E-state index in [1.54, 1.807) is 5.57 Å². The number of nitrogens with zero attached hydrogens (tertiary/aromatic N) is 1. The van der Waals surface area contributed by atoms with Gasteiger partial charge in [0, 0.05) is 5.92 Å². The molecule has 3 heteroatoms. The highest BCUT2D eigenvalue weighted by Gasteiger charge is 2.43. The van der Waals surface area contributed by atoms with Crippen LogP contribution in [0.2, 0.25) is 0 Å². The fourth-order valence-corrected chi connectivity index (χ4v) is 6.04. The van der Waals surface area contributed by atoms with Crippen molar-refractivity contribution >= 4 is 0 Å². The molecule has 0 spiro atoms. The van der Waals surface area contributed by atoms with Crippen molar-refractivity contribution in [2.24, 2.45) is 23.7 Å². The zero-order valence-corrected chi connectivity index (χ0v) is 21.6. The summed E-state index contributed by atoms with van der Waals surface area (Å²) in [6, 6.07) is 0. The standard InChI is InChI=1S/C29H53NO2/c1-5-8-12-23(4)19-26(31)14-15-27-28-21-24(20-25(28)22-29(27)32)13-10-9-11-18-30(16-6-2)17-7-3/h14-15,20,23,25-29,31-32H,5-13,16-19,21-22H2,1-4H3/b15-14+/t23-,25-,26+,27+,28-,29+/m0/s1. The van der Waals surface area contributed by atoms with Gasteiger partial charge in [0.15, 0.2) is 0 Å². The van der Waals surface area contributed by atoms with Crippen molar-refractivity contribution in [1.29, 1.82) is 0 Å². The lowest BCUT2D eigenvalue weighted by Crippen LogP contribution is -2.26. The summed E-state index contributed by atoms with van der Waals surface area (Å²) < 4.78 is 0. The van der Waals surface area contributed by atoms with Crippen LogP contribution in [0.15, 0.2) is 23.8 Å². The Bertz CT molecular complexity index is 551. The Kier molecular flexibility index (Phi) is 13.2. The average molecular weight is 448 g/mol. The summed E-state index contributed by atoms with van der Waals surface area (Å²) in [6.07, 6.45) is 20.2. The summed E-state index contributed by atoms with van der Waals surface area (Å²) in [6.45, 7) is 12.8. The summed E-state index contributed by atoms with van der Waals surface area (Å²) in [5, 5.41) is 21.1. The second-order valence-corrected chi connectivity index (χ2v) is 10.8. The van der Waals surface area contributed by atoms with Crippen LogP contribution in [0.3, 0.4) is 0 Å². The fraction of sp³-hybridized carbons (Fsp3) is 0.862. The molecule has 0 heterocycles. The van der Waals surface area contributed by atoms with Gasteiger partial charge < -0.3 is 15.1 Å². The lowest BCUT2D eigenvalue weighted by Gasteiger charge is -2.21. The van der Waals surface area contributed by atoms with Gasteiger partial charge in [0.2, 0.25) is 0 Å². The molecule has 0 aromatic heterocycles. The Morgan fingerprint density at radius 1 is 1.03 bits per heavy atom. The molecule has 1 fully saturated rings. The minimum Gasteiger partial charge on any atom is -0.392 e. The van der Waals surface area contributed by atoms with Crippen molar-refractivity contribution in [2.45, 2.75) is 117 Å². The second-order valence-electron chi connectivity index (χ2n) is 10.8. The van der Waals surface area contributed by atoms with Gasteiger partial charge in [0.05, 0.1) is 12.2 Å². The van der Waals surface area contributed by atoms with Crippen LogP contribution >= 0.6 is 0 Å². The van der Waals surface area contributed by atoms with Crippen LogP contribution in [0, 0.1) is 23.7 Å². The van der Waals surface area contributed by atoms with Crippen molar-refractivity contribution in [1.82, 2.24) is 4.90 Å². The first-order valence-corrected chi connectivity index (χ1v) is 13.9. The maximum atomic E-state index is 10.6. The zero-order chi connectivity index (χ0) is 23.3. The highest BCUT2D eigenvalue weighted by Crippen LogP contribution is 2.48. The Labute approximate surface area is 199 Å².